The maximum Gasteiger partial charge on any atom is 0.328 e. The first kappa shape index (κ1) is 13.0. The summed E-state index contributed by atoms with van der Waals surface area (Å²) in [5, 5.41) is 11.7. The molecule has 0 atom stereocenters. The van der Waals surface area contributed by atoms with E-state index in [2.05, 4.69) is 18.8 Å². The predicted molar refractivity (Wildman–Crippen MR) is 76.2 cm³/mol. The summed E-state index contributed by atoms with van der Waals surface area (Å²) < 4.78 is 0. The van der Waals surface area contributed by atoms with Gasteiger partial charge in [-0.05, 0) is 23.4 Å². The second-order valence-electron chi connectivity index (χ2n) is 4.07. The lowest BCUT2D eigenvalue weighted by atomic mass is 10.1. The molecule has 0 amide bonds. The lowest BCUT2D eigenvalue weighted by Crippen LogP contribution is -1.91. The van der Waals surface area contributed by atoms with Gasteiger partial charge in [-0.25, -0.2) is 9.78 Å². The summed E-state index contributed by atoms with van der Waals surface area (Å²) in [7, 11) is 0. The van der Waals surface area contributed by atoms with Crippen molar-refractivity contribution in [1.29, 1.82) is 0 Å². The maximum atomic E-state index is 10.6. The molecule has 94 valence electrons. The van der Waals surface area contributed by atoms with E-state index < -0.39 is 5.97 Å². The summed E-state index contributed by atoms with van der Waals surface area (Å²) in [6.45, 7) is 4.12. The first-order valence-corrected chi connectivity index (χ1v) is 7.23. The van der Waals surface area contributed by atoms with Gasteiger partial charge in [0.1, 0.15) is 5.01 Å². The van der Waals surface area contributed by atoms with Gasteiger partial charge >= 0.3 is 5.97 Å². The zero-order chi connectivity index (χ0) is 13.1. The number of rotatable bonds is 4. The molecule has 5 heteroatoms. The van der Waals surface area contributed by atoms with Gasteiger partial charge < -0.3 is 5.11 Å². The van der Waals surface area contributed by atoms with Crippen molar-refractivity contribution >= 4 is 34.7 Å². The van der Waals surface area contributed by atoms with Crippen LogP contribution in [0.3, 0.4) is 0 Å². The number of carboxylic acid groups (broad SMARTS) is 1. The fraction of sp³-hybridized carbons (Fsp3) is 0.231. The molecule has 0 fully saturated rings. The highest BCUT2D eigenvalue weighted by atomic mass is 32.1. The highest BCUT2D eigenvalue weighted by Crippen LogP contribution is 2.34. The number of thiazole rings is 1. The van der Waals surface area contributed by atoms with Crippen LogP contribution >= 0.6 is 22.7 Å². The van der Waals surface area contributed by atoms with E-state index in [0.717, 1.165) is 26.5 Å². The number of hydrogen-bond acceptors (Lipinski definition) is 4. The Labute approximate surface area is 113 Å². The van der Waals surface area contributed by atoms with E-state index >= 15 is 0 Å². The molecule has 2 rings (SSSR count). The number of nitrogens with zero attached hydrogens (tertiary/aromatic N) is 1. The Morgan fingerprint density at radius 3 is 2.83 bits per heavy atom. The topological polar surface area (TPSA) is 50.2 Å². The van der Waals surface area contributed by atoms with Crippen molar-refractivity contribution < 1.29 is 9.90 Å². The number of carboxylic acids is 1. The molecule has 18 heavy (non-hydrogen) atoms. The van der Waals surface area contributed by atoms with Gasteiger partial charge in [0.15, 0.2) is 0 Å². The molecule has 2 aromatic rings. The van der Waals surface area contributed by atoms with Crippen LogP contribution < -0.4 is 0 Å². The molecule has 0 saturated heterocycles. The van der Waals surface area contributed by atoms with Crippen LogP contribution in [0.25, 0.3) is 16.0 Å². The third kappa shape index (κ3) is 2.86. The fourth-order valence-electron chi connectivity index (χ4n) is 1.53. The molecule has 0 spiro atoms. The molecule has 0 aliphatic rings. The summed E-state index contributed by atoms with van der Waals surface area (Å²) in [4.78, 5) is 17.3. The Morgan fingerprint density at radius 2 is 2.28 bits per heavy atom. The molecule has 2 heterocycles. The second kappa shape index (κ2) is 5.46. The third-order valence-electron chi connectivity index (χ3n) is 2.34. The largest absolute Gasteiger partial charge is 0.478 e. The van der Waals surface area contributed by atoms with Crippen LogP contribution in [-0.4, -0.2) is 16.1 Å². The lowest BCUT2D eigenvalue weighted by molar-refractivity contribution is -0.131. The molecule has 0 saturated carbocycles. The van der Waals surface area contributed by atoms with Gasteiger partial charge in [-0.2, -0.15) is 0 Å². The van der Waals surface area contributed by atoms with Gasteiger partial charge in [0, 0.05) is 6.08 Å². The SMILES string of the molecule is CC(C)c1nc(-c2cccs2)sc1/C=C/C(=O)O. The van der Waals surface area contributed by atoms with E-state index in [1.165, 1.54) is 11.3 Å². The van der Waals surface area contributed by atoms with Crippen LogP contribution in [0, 0.1) is 0 Å². The molecule has 2 aromatic heterocycles. The molecule has 3 nitrogen and oxygen atoms in total. The molecule has 1 N–H and O–H groups in total. The van der Waals surface area contributed by atoms with Crippen LogP contribution in [0.5, 0.6) is 0 Å². The van der Waals surface area contributed by atoms with E-state index in [1.54, 1.807) is 17.4 Å². The Morgan fingerprint density at radius 1 is 1.50 bits per heavy atom. The molecular formula is C13H13NO2S2. The quantitative estimate of drug-likeness (QED) is 0.857. The summed E-state index contributed by atoms with van der Waals surface area (Å²) >= 11 is 3.18. The van der Waals surface area contributed by atoms with E-state index in [1.807, 2.05) is 17.5 Å². The zero-order valence-electron chi connectivity index (χ0n) is 10.1. The summed E-state index contributed by atoms with van der Waals surface area (Å²) in [5.41, 5.74) is 0.959. The number of aromatic nitrogens is 1. The van der Waals surface area contributed by atoms with Crippen LogP contribution in [0.4, 0.5) is 0 Å². The Kier molecular flexibility index (Phi) is 3.93. The number of carbonyl (C=O) groups is 1. The molecular weight excluding hydrogens is 266 g/mol. The monoisotopic (exact) mass is 279 g/mol. The first-order chi connectivity index (χ1) is 8.58. The smallest absolute Gasteiger partial charge is 0.328 e. The summed E-state index contributed by atoms with van der Waals surface area (Å²) in [6, 6.07) is 4.02. The molecule has 0 aliphatic heterocycles. The molecule has 0 bridgehead atoms. The van der Waals surface area contributed by atoms with Crippen LogP contribution in [0.15, 0.2) is 23.6 Å². The van der Waals surface area contributed by atoms with E-state index in [-0.39, 0.29) is 5.92 Å². The van der Waals surface area contributed by atoms with Crippen molar-refractivity contribution in [1.82, 2.24) is 4.98 Å². The minimum Gasteiger partial charge on any atom is -0.478 e. The van der Waals surface area contributed by atoms with Gasteiger partial charge in [0.2, 0.25) is 0 Å². The van der Waals surface area contributed by atoms with Gasteiger partial charge in [-0.3, -0.25) is 0 Å². The number of hydrogen-bond donors (Lipinski definition) is 1. The van der Waals surface area contributed by atoms with Crippen molar-refractivity contribution in [3.63, 3.8) is 0 Å². The molecule has 0 aromatic carbocycles. The van der Waals surface area contributed by atoms with Gasteiger partial charge in [0.05, 0.1) is 15.4 Å². The Balaban J connectivity index is 2.42. The molecule has 0 aliphatic carbocycles. The van der Waals surface area contributed by atoms with Gasteiger partial charge in [0.25, 0.3) is 0 Å². The highest BCUT2D eigenvalue weighted by Gasteiger charge is 2.14. The van der Waals surface area contributed by atoms with Crippen molar-refractivity contribution in [2.45, 2.75) is 19.8 Å². The van der Waals surface area contributed by atoms with Gasteiger partial charge in [-0.1, -0.05) is 19.9 Å². The Bertz CT molecular complexity index is 568. The predicted octanol–water partition coefficient (Wildman–Crippen LogP) is 4.09. The second-order valence-corrected chi connectivity index (χ2v) is 6.05. The lowest BCUT2D eigenvalue weighted by Gasteiger charge is -2.00. The van der Waals surface area contributed by atoms with E-state index in [4.69, 9.17) is 5.11 Å². The average molecular weight is 279 g/mol. The van der Waals surface area contributed by atoms with Crippen molar-refractivity contribution in [3.8, 4) is 9.88 Å². The van der Waals surface area contributed by atoms with Gasteiger partial charge in [-0.15, -0.1) is 22.7 Å². The summed E-state index contributed by atoms with van der Waals surface area (Å²) in [5.74, 6) is -0.654. The third-order valence-corrected chi connectivity index (χ3v) is 4.41. The standard InChI is InChI=1S/C13H13NO2S2/c1-8(2)12-9(5-6-11(15)16)18-13(14-12)10-4-3-7-17-10/h3-8H,1-2H3,(H,15,16)/b6-5+. The van der Waals surface area contributed by atoms with Crippen LogP contribution in [0.2, 0.25) is 0 Å². The van der Waals surface area contributed by atoms with Crippen molar-refractivity contribution in [2.24, 2.45) is 0 Å². The van der Waals surface area contributed by atoms with E-state index in [9.17, 15) is 4.79 Å². The normalized spacial score (nSPS) is 11.5. The molecule has 0 radical (unpaired) electrons. The molecule has 0 unspecified atom stereocenters. The maximum absolute atomic E-state index is 10.6. The van der Waals surface area contributed by atoms with E-state index in [0.29, 0.717) is 0 Å². The minimum atomic E-state index is -0.934. The minimum absolute atomic E-state index is 0.281. The van der Waals surface area contributed by atoms with Crippen LogP contribution in [0.1, 0.15) is 30.3 Å². The van der Waals surface area contributed by atoms with Crippen molar-refractivity contribution in [2.75, 3.05) is 0 Å². The highest BCUT2D eigenvalue weighted by molar-refractivity contribution is 7.21. The summed E-state index contributed by atoms with van der Waals surface area (Å²) in [6.07, 6.45) is 2.80. The zero-order valence-corrected chi connectivity index (χ0v) is 11.7. The van der Waals surface area contributed by atoms with Crippen LogP contribution in [-0.2, 0) is 4.79 Å². The number of aliphatic carboxylic acids is 1. The van der Waals surface area contributed by atoms with Crippen molar-refractivity contribution in [3.05, 3.63) is 34.2 Å². The first-order valence-electron chi connectivity index (χ1n) is 5.53. The fourth-order valence-corrected chi connectivity index (χ4v) is 3.45. The number of thiophene rings is 1. The average Bonchev–Trinajstić information content (AvgIpc) is 2.94. The Hall–Kier alpha value is -1.46.